The van der Waals surface area contributed by atoms with E-state index in [1.54, 1.807) is 0 Å². The summed E-state index contributed by atoms with van der Waals surface area (Å²) in [4.78, 5) is 10.8. The van der Waals surface area contributed by atoms with Crippen molar-refractivity contribution in [2.24, 2.45) is 0 Å². The van der Waals surface area contributed by atoms with E-state index in [0.29, 0.717) is 0 Å². The summed E-state index contributed by atoms with van der Waals surface area (Å²) in [7, 11) is 0. The van der Waals surface area contributed by atoms with E-state index < -0.39 is 6.29 Å². The minimum absolute atomic E-state index is 0.120. The summed E-state index contributed by atoms with van der Waals surface area (Å²) in [6.07, 6.45) is 2.95. The quantitative estimate of drug-likeness (QED) is 0.589. The Morgan fingerprint density at radius 2 is 2.27 bits per heavy atom. The Balaban J connectivity index is 2.57. The lowest BCUT2D eigenvalue weighted by molar-refractivity contribution is -0.169. The van der Waals surface area contributed by atoms with Gasteiger partial charge in [-0.3, -0.25) is 4.79 Å². The van der Waals surface area contributed by atoms with Crippen LogP contribution in [0.1, 0.15) is 40.0 Å². The maximum Gasteiger partial charge on any atom is 0.305 e. The van der Waals surface area contributed by atoms with E-state index in [-0.39, 0.29) is 12.1 Å². The normalized spacial score (nSPS) is 25.9. The molecule has 0 aromatic heterocycles. The van der Waals surface area contributed by atoms with Crippen molar-refractivity contribution in [3.8, 4) is 0 Å². The average Bonchev–Trinajstić information content (AvgIpc) is 2.42. The predicted octanol–water partition coefficient (Wildman–Crippen LogP) is 3.17. The van der Waals surface area contributed by atoms with Crippen LogP contribution < -0.4 is 0 Å². The van der Waals surface area contributed by atoms with Crippen LogP contribution >= 0.6 is 22.6 Å². The number of carbonyl (C=O) groups excluding carboxylic acids is 1. The Bertz CT molecular complexity index is 273. The van der Waals surface area contributed by atoms with Gasteiger partial charge >= 0.3 is 5.97 Å². The number of esters is 1. The van der Waals surface area contributed by atoms with Crippen LogP contribution in [0.5, 0.6) is 0 Å². The van der Waals surface area contributed by atoms with Gasteiger partial charge in [0.1, 0.15) is 0 Å². The molecule has 3 nitrogen and oxygen atoms in total. The molecule has 0 amide bonds. The van der Waals surface area contributed by atoms with Crippen LogP contribution in [-0.2, 0) is 14.3 Å². The van der Waals surface area contributed by atoms with Gasteiger partial charge in [-0.25, -0.2) is 0 Å². The molecule has 0 saturated heterocycles. The zero-order chi connectivity index (χ0) is 11.4. The molecule has 86 valence electrons. The third-order valence-corrected chi connectivity index (χ3v) is 3.94. The summed E-state index contributed by atoms with van der Waals surface area (Å²) in [5, 5.41) is 0. The Morgan fingerprint density at radius 1 is 1.60 bits per heavy atom. The smallest absolute Gasteiger partial charge is 0.305 e. The highest BCUT2D eigenvalue weighted by Gasteiger charge is 2.32. The number of hydrogen-bond donors (Lipinski definition) is 0. The second kappa shape index (κ2) is 5.84. The minimum Gasteiger partial charge on any atom is -0.432 e. The molecule has 0 saturated carbocycles. The van der Waals surface area contributed by atoms with Gasteiger partial charge in [-0.2, -0.15) is 0 Å². The van der Waals surface area contributed by atoms with Crippen molar-refractivity contribution in [3.05, 3.63) is 9.15 Å². The van der Waals surface area contributed by atoms with Gasteiger partial charge in [0.25, 0.3) is 0 Å². The highest BCUT2D eigenvalue weighted by Crippen LogP contribution is 2.34. The molecule has 2 unspecified atom stereocenters. The number of unbranched alkanes of at least 4 members (excludes halogenated alkanes) is 1. The molecule has 0 bridgehead atoms. The molecule has 0 spiro atoms. The molecule has 4 heteroatoms. The molecule has 0 aromatic rings. The van der Waals surface area contributed by atoms with E-state index in [9.17, 15) is 4.79 Å². The second-order valence-corrected chi connectivity index (χ2v) is 4.90. The molecule has 15 heavy (non-hydrogen) atoms. The predicted molar refractivity (Wildman–Crippen MR) is 66.7 cm³/mol. The van der Waals surface area contributed by atoms with Crippen LogP contribution in [0.15, 0.2) is 9.15 Å². The van der Waals surface area contributed by atoms with E-state index in [1.165, 1.54) is 10.5 Å². The van der Waals surface area contributed by atoms with Gasteiger partial charge in [-0.1, -0.05) is 19.8 Å². The number of ether oxygens (including phenoxy) is 2. The second-order valence-electron chi connectivity index (χ2n) is 3.74. The molecule has 0 radical (unpaired) electrons. The summed E-state index contributed by atoms with van der Waals surface area (Å²) in [5.74, 6) is -0.292. The molecule has 0 fully saturated rings. The molecular formula is C11H17IO3. The fourth-order valence-electron chi connectivity index (χ4n) is 1.53. The van der Waals surface area contributed by atoms with Crippen LogP contribution in [0.2, 0.25) is 0 Å². The zero-order valence-electron chi connectivity index (χ0n) is 9.38. The Hall–Kier alpha value is -0.100. The molecule has 1 heterocycles. The third kappa shape index (κ3) is 3.45. The molecular weight excluding hydrogens is 307 g/mol. The highest BCUT2D eigenvalue weighted by molar-refractivity contribution is 14.1. The topological polar surface area (TPSA) is 35.5 Å². The largest absolute Gasteiger partial charge is 0.432 e. The van der Waals surface area contributed by atoms with Gasteiger partial charge in [0, 0.05) is 16.1 Å². The summed E-state index contributed by atoms with van der Waals surface area (Å²) in [6.45, 7) is 5.52. The first-order chi connectivity index (χ1) is 7.06. The van der Waals surface area contributed by atoms with Crippen molar-refractivity contribution in [1.82, 2.24) is 0 Å². The molecule has 0 aromatic carbocycles. The number of carbonyl (C=O) groups is 1. The number of hydrogen-bond acceptors (Lipinski definition) is 3. The van der Waals surface area contributed by atoms with Gasteiger partial charge in [0.2, 0.25) is 6.29 Å². The van der Waals surface area contributed by atoms with Crippen LogP contribution in [0.3, 0.4) is 0 Å². The molecule has 0 aliphatic carbocycles. The van der Waals surface area contributed by atoms with Gasteiger partial charge in [-0.15, -0.1) is 0 Å². The highest BCUT2D eigenvalue weighted by atomic mass is 127. The van der Waals surface area contributed by atoms with Crippen molar-refractivity contribution in [1.29, 1.82) is 0 Å². The first kappa shape index (κ1) is 13.0. The fraction of sp³-hybridized carbons (Fsp3) is 0.727. The number of halogens is 1. The minimum atomic E-state index is -0.462. The van der Waals surface area contributed by atoms with E-state index in [0.717, 1.165) is 24.8 Å². The van der Waals surface area contributed by atoms with E-state index in [1.807, 2.05) is 6.92 Å². The van der Waals surface area contributed by atoms with Crippen LogP contribution in [0, 0.1) is 0 Å². The molecule has 1 aliphatic rings. The van der Waals surface area contributed by atoms with Crippen LogP contribution in [0.4, 0.5) is 0 Å². The summed E-state index contributed by atoms with van der Waals surface area (Å²) >= 11 is 2.28. The van der Waals surface area contributed by atoms with Crippen LogP contribution in [-0.4, -0.2) is 18.4 Å². The van der Waals surface area contributed by atoms with Gasteiger partial charge < -0.3 is 9.47 Å². The Labute approximate surface area is 104 Å². The Morgan fingerprint density at radius 3 is 2.80 bits per heavy atom. The standard InChI is InChI=1S/C11H17IO3/c1-4-5-6-9-10(12)7(2)11(15-9)14-8(3)13/h9,11H,4-6H2,1-3H3. The lowest BCUT2D eigenvalue weighted by Gasteiger charge is -2.15. The molecule has 1 aliphatic heterocycles. The van der Waals surface area contributed by atoms with E-state index in [4.69, 9.17) is 9.47 Å². The molecule has 2 atom stereocenters. The Kier molecular flexibility index (Phi) is 5.05. The zero-order valence-corrected chi connectivity index (χ0v) is 11.5. The van der Waals surface area contributed by atoms with Crippen molar-refractivity contribution in [2.75, 3.05) is 0 Å². The molecule has 0 N–H and O–H groups in total. The van der Waals surface area contributed by atoms with Gasteiger partial charge in [-0.05, 0) is 35.9 Å². The van der Waals surface area contributed by atoms with E-state index in [2.05, 4.69) is 29.5 Å². The lowest BCUT2D eigenvalue weighted by Crippen LogP contribution is -2.20. The van der Waals surface area contributed by atoms with E-state index >= 15 is 0 Å². The monoisotopic (exact) mass is 324 g/mol. The summed E-state index contributed by atoms with van der Waals surface area (Å²) in [5.41, 5.74) is 1.03. The average molecular weight is 324 g/mol. The fourth-order valence-corrected chi connectivity index (χ4v) is 2.24. The SMILES string of the molecule is CCCCC1OC(OC(C)=O)C(C)=C1I. The summed E-state index contributed by atoms with van der Waals surface area (Å²) in [6, 6.07) is 0. The summed E-state index contributed by atoms with van der Waals surface area (Å²) < 4.78 is 11.9. The third-order valence-electron chi connectivity index (χ3n) is 2.39. The van der Waals surface area contributed by atoms with Gasteiger partial charge in [0.15, 0.2) is 0 Å². The molecule has 1 rings (SSSR count). The van der Waals surface area contributed by atoms with Crippen LogP contribution in [0.25, 0.3) is 0 Å². The van der Waals surface area contributed by atoms with Crippen molar-refractivity contribution < 1.29 is 14.3 Å². The maximum absolute atomic E-state index is 10.8. The van der Waals surface area contributed by atoms with Crippen molar-refractivity contribution in [2.45, 2.75) is 52.4 Å². The number of rotatable bonds is 4. The first-order valence-electron chi connectivity index (χ1n) is 5.25. The first-order valence-corrected chi connectivity index (χ1v) is 6.33. The van der Waals surface area contributed by atoms with Crippen molar-refractivity contribution >= 4 is 28.6 Å². The maximum atomic E-state index is 10.8. The van der Waals surface area contributed by atoms with Crippen molar-refractivity contribution in [3.63, 3.8) is 0 Å². The lowest BCUT2D eigenvalue weighted by atomic mass is 10.1. The van der Waals surface area contributed by atoms with Gasteiger partial charge in [0.05, 0.1) is 6.10 Å².